The van der Waals surface area contributed by atoms with Crippen molar-refractivity contribution in [2.75, 3.05) is 19.6 Å². The van der Waals surface area contributed by atoms with Gasteiger partial charge in [-0.15, -0.1) is 0 Å². The molecule has 0 atom stereocenters. The standard InChI is InChI=1S/C14H25F3N2/c1-2-19(9-11-3-4-11)13(10-18)7-5-12(6-8-13)14(15,16)17/h11-12H,2-10,18H2,1H3. The predicted octanol–water partition coefficient (Wildman–Crippen LogP) is 3.17. The minimum Gasteiger partial charge on any atom is -0.329 e. The summed E-state index contributed by atoms with van der Waals surface area (Å²) in [7, 11) is 0. The Morgan fingerprint density at radius 3 is 2.11 bits per heavy atom. The van der Waals surface area contributed by atoms with Crippen molar-refractivity contribution >= 4 is 0 Å². The van der Waals surface area contributed by atoms with Crippen LogP contribution in [0.5, 0.6) is 0 Å². The highest BCUT2D eigenvalue weighted by atomic mass is 19.4. The molecule has 0 saturated heterocycles. The van der Waals surface area contributed by atoms with Gasteiger partial charge in [-0.25, -0.2) is 0 Å². The van der Waals surface area contributed by atoms with Crippen LogP contribution in [0.4, 0.5) is 13.2 Å². The Morgan fingerprint density at radius 1 is 1.16 bits per heavy atom. The molecular formula is C14H25F3N2. The molecule has 2 rings (SSSR count). The van der Waals surface area contributed by atoms with Crippen LogP contribution in [-0.2, 0) is 0 Å². The van der Waals surface area contributed by atoms with E-state index in [0.29, 0.717) is 19.4 Å². The first kappa shape index (κ1) is 15.1. The lowest BCUT2D eigenvalue weighted by Gasteiger charge is -2.47. The summed E-state index contributed by atoms with van der Waals surface area (Å²) in [5, 5.41) is 0. The molecule has 0 aromatic heterocycles. The van der Waals surface area contributed by atoms with Crippen molar-refractivity contribution in [1.82, 2.24) is 4.90 Å². The molecule has 0 radical (unpaired) electrons. The third kappa shape index (κ3) is 3.43. The second kappa shape index (κ2) is 5.60. The maximum atomic E-state index is 12.8. The van der Waals surface area contributed by atoms with E-state index in [-0.39, 0.29) is 18.4 Å². The van der Waals surface area contributed by atoms with Crippen LogP contribution in [0.1, 0.15) is 45.4 Å². The summed E-state index contributed by atoms with van der Waals surface area (Å²) in [5.74, 6) is -0.365. The maximum absolute atomic E-state index is 12.8. The molecule has 2 aliphatic carbocycles. The number of likely N-dealkylation sites (N-methyl/N-ethyl adjacent to an activating group) is 1. The minimum atomic E-state index is -4.03. The Kier molecular flexibility index (Phi) is 4.45. The number of hydrogen-bond donors (Lipinski definition) is 1. The van der Waals surface area contributed by atoms with E-state index in [4.69, 9.17) is 5.73 Å². The molecule has 0 spiro atoms. The van der Waals surface area contributed by atoms with E-state index < -0.39 is 12.1 Å². The molecule has 2 saturated carbocycles. The smallest absolute Gasteiger partial charge is 0.329 e. The Labute approximate surface area is 113 Å². The van der Waals surface area contributed by atoms with Crippen LogP contribution >= 0.6 is 0 Å². The van der Waals surface area contributed by atoms with E-state index in [1.165, 1.54) is 12.8 Å². The fourth-order valence-corrected chi connectivity index (χ4v) is 3.40. The Balaban J connectivity index is 1.99. The first-order valence-corrected chi connectivity index (χ1v) is 7.43. The van der Waals surface area contributed by atoms with Gasteiger partial charge in [0.15, 0.2) is 0 Å². The Bertz CT molecular complexity index is 292. The summed E-state index contributed by atoms with van der Waals surface area (Å²) in [6.07, 6.45) is 0.158. The molecule has 112 valence electrons. The van der Waals surface area contributed by atoms with Crippen LogP contribution in [0.25, 0.3) is 0 Å². The van der Waals surface area contributed by atoms with E-state index in [1.807, 2.05) is 0 Å². The van der Waals surface area contributed by atoms with E-state index in [2.05, 4.69) is 11.8 Å². The van der Waals surface area contributed by atoms with Crippen LogP contribution < -0.4 is 5.73 Å². The van der Waals surface area contributed by atoms with Crippen LogP contribution in [0.15, 0.2) is 0 Å². The lowest BCUT2D eigenvalue weighted by atomic mass is 9.75. The van der Waals surface area contributed by atoms with E-state index >= 15 is 0 Å². The molecule has 0 aromatic rings. The average molecular weight is 278 g/mol. The zero-order valence-electron chi connectivity index (χ0n) is 11.7. The van der Waals surface area contributed by atoms with Crippen molar-refractivity contribution in [3.63, 3.8) is 0 Å². The quantitative estimate of drug-likeness (QED) is 0.837. The zero-order chi connectivity index (χ0) is 14.1. The van der Waals surface area contributed by atoms with Crippen molar-refractivity contribution in [2.24, 2.45) is 17.6 Å². The maximum Gasteiger partial charge on any atom is 0.391 e. The summed E-state index contributed by atoms with van der Waals surface area (Å²) in [6.45, 7) is 4.49. The lowest BCUT2D eigenvalue weighted by Crippen LogP contribution is -2.57. The van der Waals surface area contributed by atoms with Gasteiger partial charge in [-0.2, -0.15) is 13.2 Å². The number of alkyl halides is 3. The van der Waals surface area contributed by atoms with Gasteiger partial charge in [-0.1, -0.05) is 6.92 Å². The van der Waals surface area contributed by atoms with Gasteiger partial charge in [0, 0.05) is 18.6 Å². The second-order valence-electron chi connectivity index (χ2n) is 6.23. The lowest BCUT2D eigenvalue weighted by molar-refractivity contribution is -0.188. The van der Waals surface area contributed by atoms with Crippen LogP contribution in [0.3, 0.4) is 0 Å². The number of nitrogens with two attached hydrogens (primary N) is 1. The average Bonchev–Trinajstić information content (AvgIpc) is 3.19. The van der Waals surface area contributed by atoms with Gasteiger partial charge in [0.2, 0.25) is 0 Å². The summed E-state index contributed by atoms with van der Waals surface area (Å²) >= 11 is 0. The molecule has 2 nitrogen and oxygen atoms in total. The van der Waals surface area contributed by atoms with Crippen LogP contribution in [-0.4, -0.2) is 36.2 Å². The highest BCUT2D eigenvalue weighted by Gasteiger charge is 2.47. The summed E-state index contributed by atoms with van der Waals surface area (Å²) in [5.41, 5.74) is 5.76. The molecule has 0 bridgehead atoms. The zero-order valence-corrected chi connectivity index (χ0v) is 11.7. The highest BCUT2D eigenvalue weighted by Crippen LogP contribution is 2.44. The van der Waals surface area contributed by atoms with Crippen molar-refractivity contribution in [2.45, 2.75) is 57.2 Å². The summed E-state index contributed by atoms with van der Waals surface area (Å²) < 4.78 is 38.3. The van der Waals surface area contributed by atoms with E-state index in [1.54, 1.807) is 0 Å². The number of halogens is 3. The van der Waals surface area contributed by atoms with E-state index in [9.17, 15) is 13.2 Å². The number of hydrogen-bond acceptors (Lipinski definition) is 2. The third-order valence-corrected chi connectivity index (χ3v) is 4.99. The minimum absolute atomic E-state index is 0.181. The van der Waals surface area contributed by atoms with Crippen LogP contribution in [0, 0.1) is 11.8 Å². The van der Waals surface area contributed by atoms with Crippen molar-refractivity contribution < 1.29 is 13.2 Å². The van der Waals surface area contributed by atoms with Crippen molar-refractivity contribution in [1.29, 1.82) is 0 Å². The first-order valence-electron chi connectivity index (χ1n) is 7.43. The molecule has 19 heavy (non-hydrogen) atoms. The van der Waals surface area contributed by atoms with Crippen molar-refractivity contribution in [3.8, 4) is 0 Å². The number of nitrogens with zero attached hydrogens (tertiary/aromatic N) is 1. The fraction of sp³-hybridized carbons (Fsp3) is 1.00. The predicted molar refractivity (Wildman–Crippen MR) is 69.8 cm³/mol. The van der Waals surface area contributed by atoms with Gasteiger partial charge in [-0.3, -0.25) is 4.90 Å². The van der Waals surface area contributed by atoms with Crippen LogP contribution in [0.2, 0.25) is 0 Å². The van der Waals surface area contributed by atoms with Gasteiger partial charge >= 0.3 is 6.18 Å². The fourth-order valence-electron chi connectivity index (χ4n) is 3.40. The Morgan fingerprint density at radius 2 is 1.74 bits per heavy atom. The number of rotatable bonds is 5. The van der Waals surface area contributed by atoms with Gasteiger partial charge in [0.1, 0.15) is 0 Å². The van der Waals surface area contributed by atoms with Gasteiger partial charge in [-0.05, 0) is 51.0 Å². The van der Waals surface area contributed by atoms with E-state index in [0.717, 1.165) is 19.0 Å². The SMILES string of the molecule is CCN(CC1CC1)C1(CN)CCC(C(F)(F)F)CC1. The molecule has 0 aliphatic heterocycles. The molecule has 5 heteroatoms. The Hall–Kier alpha value is -0.290. The molecule has 2 N–H and O–H groups in total. The summed E-state index contributed by atoms with van der Waals surface area (Å²) in [4.78, 5) is 2.36. The monoisotopic (exact) mass is 278 g/mol. The molecule has 0 amide bonds. The van der Waals surface area contributed by atoms with Crippen molar-refractivity contribution in [3.05, 3.63) is 0 Å². The summed E-state index contributed by atoms with van der Waals surface area (Å²) in [6, 6.07) is 0. The third-order valence-electron chi connectivity index (χ3n) is 4.99. The van der Waals surface area contributed by atoms with Gasteiger partial charge < -0.3 is 5.73 Å². The molecule has 0 unspecified atom stereocenters. The van der Waals surface area contributed by atoms with Gasteiger partial charge in [0.05, 0.1) is 5.92 Å². The highest BCUT2D eigenvalue weighted by molar-refractivity contribution is 4.98. The molecular weight excluding hydrogens is 253 g/mol. The first-order chi connectivity index (χ1) is 8.91. The second-order valence-corrected chi connectivity index (χ2v) is 6.23. The van der Waals surface area contributed by atoms with Gasteiger partial charge in [0.25, 0.3) is 0 Å². The molecule has 2 fully saturated rings. The normalized spacial score (nSPS) is 32.8. The topological polar surface area (TPSA) is 29.3 Å². The largest absolute Gasteiger partial charge is 0.391 e. The molecule has 0 aromatic carbocycles. The molecule has 0 heterocycles. The molecule has 2 aliphatic rings.